The fraction of sp³-hybridized carbons (Fsp3) is 0. The lowest BCUT2D eigenvalue weighted by Crippen LogP contribution is -2.29. The third-order valence-electron chi connectivity index (χ3n) is 3.69. The maximum atomic E-state index is 9.61. The normalized spacial score (nSPS) is 13.7. The van der Waals surface area contributed by atoms with E-state index in [-0.39, 0.29) is 23.2 Å². The summed E-state index contributed by atoms with van der Waals surface area (Å²) in [5.74, 6) is 0. The van der Waals surface area contributed by atoms with Crippen LogP contribution in [0.5, 0.6) is 0 Å². The van der Waals surface area contributed by atoms with Gasteiger partial charge in [-0.2, -0.15) is 0 Å². The maximum Gasteiger partial charge on any atom is 0.488 e. The Labute approximate surface area is 133 Å². The molecule has 4 rings (SSSR count). The van der Waals surface area contributed by atoms with Crippen LogP contribution < -0.4 is 5.46 Å². The van der Waals surface area contributed by atoms with Crippen LogP contribution in [0.4, 0.5) is 0 Å². The van der Waals surface area contributed by atoms with Crippen molar-refractivity contribution >= 4 is 34.4 Å². The average molecular weight is 291 g/mol. The van der Waals surface area contributed by atoms with Gasteiger partial charge in [-0.15, -0.1) is 0 Å². The minimum atomic E-state index is -2.06. The van der Waals surface area contributed by atoms with Crippen molar-refractivity contribution in [3.63, 3.8) is 0 Å². The number of benzene rings is 3. The van der Waals surface area contributed by atoms with Gasteiger partial charge < -0.3 is 14.6 Å². The second-order valence-electron chi connectivity index (χ2n) is 5.01. The quantitative estimate of drug-likeness (QED) is 0.557. The van der Waals surface area contributed by atoms with Gasteiger partial charge in [-0.05, 0) is 29.7 Å². The molecule has 4 aromatic rings. The summed E-state index contributed by atoms with van der Waals surface area (Å²) in [4.78, 5) is 0. The fourth-order valence-electron chi connectivity index (χ4n) is 2.75. The average Bonchev–Trinajstić information content (AvgIpc) is 2.95. The van der Waals surface area contributed by atoms with Gasteiger partial charge in [0, 0.05) is 16.5 Å². The minimum Gasteiger partial charge on any atom is -0.423 e. The molecule has 0 radical (unpaired) electrons. The van der Waals surface area contributed by atoms with Gasteiger partial charge in [-0.25, -0.2) is 0 Å². The first-order valence-electron chi connectivity index (χ1n) is 8.88. The zero-order valence-electron chi connectivity index (χ0n) is 15.5. The molecule has 0 aliphatic heterocycles. The largest absolute Gasteiger partial charge is 0.488 e. The zero-order chi connectivity index (χ0) is 18.6. The van der Waals surface area contributed by atoms with Crippen molar-refractivity contribution in [2.45, 2.75) is 0 Å². The van der Waals surface area contributed by atoms with Crippen LogP contribution in [0.2, 0.25) is 0 Å². The second kappa shape index (κ2) is 5.02. The first kappa shape index (κ1) is 9.46. The predicted molar refractivity (Wildman–Crippen MR) is 90.6 cm³/mol. The smallest absolute Gasteiger partial charge is 0.423 e. The van der Waals surface area contributed by atoms with Crippen LogP contribution in [0, 0.1) is 0 Å². The Morgan fingerprint density at radius 1 is 0.864 bits per heavy atom. The summed E-state index contributed by atoms with van der Waals surface area (Å²) in [5, 5.41) is 21.1. The standard InChI is InChI=1S/C18H14BNO2/c21-19(22)13-6-5-7-14(12-13)20-17-10-3-1-8-15(17)16-9-2-4-11-18(16)20/h1-12,21-22H/i5D,6D,7D,12D. The van der Waals surface area contributed by atoms with Crippen molar-refractivity contribution in [2.75, 3.05) is 0 Å². The van der Waals surface area contributed by atoms with Crippen LogP contribution in [-0.4, -0.2) is 21.7 Å². The summed E-state index contributed by atoms with van der Waals surface area (Å²) in [5.41, 5.74) is 1.17. The van der Waals surface area contributed by atoms with Crippen molar-refractivity contribution in [3.8, 4) is 5.69 Å². The number of hydrogen-bond donors (Lipinski definition) is 2. The van der Waals surface area contributed by atoms with E-state index in [9.17, 15) is 10.0 Å². The number of rotatable bonds is 2. The van der Waals surface area contributed by atoms with E-state index in [1.54, 1.807) is 4.57 Å². The van der Waals surface area contributed by atoms with E-state index in [1.165, 1.54) is 0 Å². The van der Waals surface area contributed by atoms with Gasteiger partial charge in [0.2, 0.25) is 0 Å². The van der Waals surface area contributed by atoms with E-state index in [1.807, 2.05) is 48.5 Å². The third kappa shape index (κ3) is 1.93. The molecular weight excluding hydrogens is 273 g/mol. The number of para-hydroxylation sites is 2. The van der Waals surface area contributed by atoms with E-state index in [0.29, 0.717) is 0 Å². The van der Waals surface area contributed by atoms with E-state index >= 15 is 0 Å². The third-order valence-corrected chi connectivity index (χ3v) is 3.69. The molecule has 3 aromatic carbocycles. The first-order valence-corrected chi connectivity index (χ1v) is 6.88. The van der Waals surface area contributed by atoms with Crippen molar-refractivity contribution in [3.05, 3.63) is 72.7 Å². The molecule has 1 heterocycles. The summed E-state index contributed by atoms with van der Waals surface area (Å²) in [7, 11) is -2.06. The lowest BCUT2D eigenvalue weighted by molar-refractivity contribution is 0.426. The lowest BCUT2D eigenvalue weighted by atomic mass is 9.80. The Balaban J connectivity index is 2.24. The Morgan fingerprint density at radius 2 is 1.45 bits per heavy atom. The summed E-state index contributed by atoms with van der Waals surface area (Å²) < 4.78 is 34.4. The topological polar surface area (TPSA) is 45.4 Å². The van der Waals surface area contributed by atoms with Crippen LogP contribution in [0.15, 0.2) is 72.7 Å². The van der Waals surface area contributed by atoms with Gasteiger partial charge in [-0.3, -0.25) is 0 Å². The summed E-state index contributed by atoms with van der Waals surface area (Å²) in [6, 6.07) is 13.5. The monoisotopic (exact) mass is 291 g/mol. The van der Waals surface area contributed by atoms with E-state index in [2.05, 4.69) is 0 Å². The maximum absolute atomic E-state index is 9.61. The molecule has 0 aliphatic carbocycles. The zero-order valence-corrected chi connectivity index (χ0v) is 11.5. The molecule has 3 nitrogen and oxygen atoms in total. The molecule has 0 saturated heterocycles. The first-order chi connectivity index (χ1) is 12.4. The summed E-state index contributed by atoms with van der Waals surface area (Å²) >= 11 is 0. The molecule has 4 heteroatoms. The molecule has 1 aromatic heterocycles. The van der Waals surface area contributed by atoms with Crippen molar-refractivity contribution in [2.24, 2.45) is 0 Å². The number of fused-ring (bicyclic) bond motifs is 3. The van der Waals surface area contributed by atoms with E-state index < -0.39 is 19.2 Å². The van der Waals surface area contributed by atoms with Crippen LogP contribution in [0.1, 0.15) is 5.48 Å². The number of nitrogens with zero attached hydrogens (tertiary/aromatic N) is 1. The molecule has 106 valence electrons. The molecule has 22 heavy (non-hydrogen) atoms. The van der Waals surface area contributed by atoms with Crippen LogP contribution in [0.25, 0.3) is 27.5 Å². The molecule has 0 saturated carbocycles. The fourth-order valence-corrected chi connectivity index (χ4v) is 2.75. The molecule has 0 amide bonds. The molecule has 2 N–H and O–H groups in total. The Bertz CT molecular complexity index is 1120. The molecule has 0 spiro atoms. The lowest BCUT2D eigenvalue weighted by Gasteiger charge is -2.09. The molecule has 0 aliphatic rings. The Morgan fingerprint density at radius 3 is 2.05 bits per heavy atom. The van der Waals surface area contributed by atoms with Crippen LogP contribution in [0.3, 0.4) is 0 Å². The molecule has 0 fully saturated rings. The molecule has 0 bridgehead atoms. The van der Waals surface area contributed by atoms with Crippen LogP contribution in [-0.2, 0) is 0 Å². The second-order valence-corrected chi connectivity index (χ2v) is 5.01. The van der Waals surface area contributed by atoms with E-state index in [4.69, 9.17) is 5.48 Å². The SMILES string of the molecule is [2H]c1c([2H])c(B(O)O)c([2H])c(-n2c3ccccc3c3ccccc32)c1[2H]. The highest BCUT2D eigenvalue weighted by Crippen LogP contribution is 2.31. The van der Waals surface area contributed by atoms with Gasteiger partial charge in [0.05, 0.1) is 16.5 Å². The Kier molecular flexibility index (Phi) is 2.16. The van der Waals surface area contributed by atoms with Gasteiger partial charge in [0.15, 0.2) is 0 Å². The van der Waals surface area contributed by atoms with Gasteiger partial charge in [0.25, 0.3) is 0 Å². The summed E-state index contributed by atoms with van der Waals surface area (Å²) in [6.07, 6.45) is 0. The molecular formula is C18H14BNO2. The van der Waals surface area contributed by atoms with Crippen LogP contribution >= 0.6 is 0 Å². The van der Waals surface area contributed by atoms with Crippen molar-refractivity contribution in [1.82, 2.24) is 4.57 Å². The highest BCUT2D eigenvalue weighted by atomic mass is 16.4. The van der Waals surface area contributed by atoms with Crippen molar-refractivity contribution < 1.29 is 15.5 Å². The molecule has 0 atom stereocenters. The van der Waals surface area contributed by atoms with Gasteiger partial charge >= 0.3 is 7.12 Å². The number of hydrogen-bond acceptors (Lipinski definition) is 2. The minimum absolute atomic E-state index is 0.0616. The summed E-state index contributed by atoms with van der Waals surface area (Å²) in [6.45, 7) is 0. The highest BCUT2D eigenvalue weighted by molar-refractivity contribution is 6.58. The number of aromatic nitrogens is 1. The van der Waals surface area contributed by atoms with Gasteiger partial charge in [0.1, 0.15) is 0 Å². The van der Waals surface area contributed by atoms with E-state index in [0.717, 1.165) is 21.8 Å². The van der Waals surface area contributed by atoms with Crippen molar-refractivity contribution in [1.29, 1.82) is 0 Å². The predicted octanol–water partition coefficient (Wildman–Crippen LogP) is 2.46. The molecule has 0 unspecified atom stereocenters. The van der Waals surface area contributed by atoms with Gasteiger partial charge in [-0.1, -0.05) is 48.5 Å². The Hall–Kier alpha value is -2.56. The highest BCUT2D eigenvalue weighted by Gasteiger charge is 2.14.